The van der Waals surface area contributed by atoms with Crippen LogP contribution in [0.1, 0.15) is 40.5 Å². The number of aryl methyl sites for hydroxylation is 1. The van der Waals surface area contributed by atoms with Gasteiger partial charge < -0.3 is 4.90 Å². The Morgan fingerprint density at radius 2 is 2.05 bits per heavy atom. The lowest BCUT2D eigenvalue weighted by Gasteiger charge is -2.32. The molecular weight excluding hydrogens is 282 g/mol. The Labute approximate surface area is 128 Å². The van der Waals surface area contributed by atoms with Gasteiger partial charge in [-0.15, -0.1) is 22.7 Å². The smallest absolute Gasteiger partial charge is 0.0316 e. The molecule has 0 bridgehead atoms. The zero-order valence-corrected chi connectivity index (χ0v) is 13.3. The maximum Gasteiger partial charge on any atom is 0.0316 e. The van der Waals surface area contributed by atoms with Crippen molar-refractivity contribution in [1.82, 2.24) is 4.90 Å². The minimum atomic E-state index is 0.678. The van der Waals surface area contributed by atoms with E-state index < -0.39 is 0 Å². The van der Waals surface area contributed by atoms with Gasteiger partial charge in [0.15, 0.2) is 0 Å². The molecule has 1 unspecified atom stereocenters. The Morgan fingerprint density at radius 3 is 2.70 bits per heavy atom. The Morgan fingerprint density at radius 1 is 1.15 bits per heavy atom. The molecule has 3 heterocycles. The summed E-state index contributed by atoms with van der Waals surface area (Å²) in [5, 5.41) is 4.44. The highest BCUT2D eigenvalue weighted by atomic mass is 32.1. The van der Waals surface area contributed by atoms with Crippen molar-refractivity contribution in [1.29, 1.82) is 0 Å². The fraction of sp³-hybridized carbons (Fsp3) is 0.412. The Kier molecular flexibility index (Phi) is 3.20. The zero-order valence-electron chi connectivity index (χ0n) is 11.7. The number of allylic oxidation sites excluding steroid dienone is 1. The number of rotatable bonds is 3. The maximum absolute atomic E-state index is 2.61. The number of hydrogen-bond donors (Lipinski definition) is 0. The van der Waals surface area contributed by atoms with Crippen LogP contribution in [0.15, 0.2) is 35.2 Å². The standard InChI is InChI=1S/C17H19NS2/c1-12-6-8-20-17(12)14-9-13(16-3-2-7-19-16)10-18(11-14)15-4-5-15/h2-3,6-8,10,14-15H,4-5,9,11H2,1H3. The van der Waals surface area contributed by atoms with E-state index in [1.54, 1.807) is 4.88 Å². The van der Waals surface area contributed by atoms with Crippen molar-refractivity contribution >= 4 is 28.2 Å². The van der Waals surface area contributed by atoms with Gasteiger partial charge in [0.25, 0.3) is 0 Å². The first kappa shape index (κ1) is 12.7. The molecule has 1 atom stereocenters. The van der Waals surface area contributed by atoms with E-state index in [2.05, 4.69) is 47.0 Å². The molecule has 3 heteroatoms. The van der Waals surface area contributed by atoms with E-state index >= 15 is 0 Å². The topological polar surface area (TPSA) is 3.24 Å². The number of hydrogen-bond acceptors (Lipinski definition) is 3. The van der Waals surface area contributed by atoms with Crippen molar-refractivity contribution in [2.24, 2.45) is 0 Å². The van der Waals surface area contributed by atoms with Crippen LogP contribution in [0.2, 0.25) is 0 Å². The van der Waals surface area contributed by atoms with Crippen molar-refractivity contribution in [3.05, 3.63) is 50.5 Å². The Hall–Kier alpha value is -1.06. The molecule has 0 N–H and O–H groups in total. The highest BCUT2D eigenvalue weighted by molar-refractivity contribution is 7.11. The van der Waals surface area contributed by atoms with Crippen molar-refractivity contribution in [2.45, 2.75) is 38.1 Å². The second-order valence-corrected chi connectivity index (χ2v) is 7.82. The minimum Gasteiger partial charge on any atom is -0.373 e. The summed E-state index contributed by atoms with van der Waals surface area (Å²) in [6.07, 6.45) is 6.41. The molecule has 104 valence electrons. The molecule has 0 aromatic carbocycles. The van der Waals surface area contributed by atoms with E-state index in [9.17, 15) is 0 Å². The SMILES string of the molecule is Cc1ccsc1C1CC(c2cccs2)=CN(C2CC2)C1. The van der Waals surface area contributed by atoms with Crippen LogP contribution in [-0.2, 0) is 0 Å². The maximum atomic E-state index is 2.61. The normalized spacial score (nSPS) is 22.9. The quantitative estimate of drug-likeness (QED) is 0.761. The van der Waals surface area contributed by atoms with Gasteiger partial charge in [-0.1, -0.05) is 6.07 Å². The van der Waals surface area contributed by atoms with Crippen LogP contribution in [0.3, 0.4) is 0 Å². The molecule has 4 rings (SSSR count). The molecule has 1 saturated carbocycles. The average molecular weight is 301 g/mol. The van der Waals surface area contributed by atoms with E-state index in [1.807, 2.05) is 22.7 Å². The molecule has 0 amide bonds. The van der Waals surface area contributed by atoms with Gasteiger partial charge in [-0.05, 0) is 60.2 Å². The lowest BCUT2D eigenvalue weighted by Crippen LogP contribution is -2.29. The molecule has 20 heavy (non-hydrogen) atoms. The second kappa shape index (κ2) is 5.05. The summed E-state index contributed by atoms with van der Waals surface area (Å²) in [4.78, 5) is 5.66. The molecule has 1 aliphatic carbocycles. The van der Waals surface area contributed by atoms with Crippen LogP contribution >= 0.6 is 22.7 Å². The molecule has 0 saturated heterocycles. The van der Waals surface area contributed by atoms with Crippen LogP contribution < -0.4 is 0 Å². The summed E-state index contributed by atoms with van der Waals surface area (Å²) in [6, 6.07) is 7.52. The molecule has 0 radical (unpaired) electrons. The van der Waals surface area contributed by atoms with Crippen LogP contribution in [0, 0.1) is 6.92 Å². The molecule has 2 aliphatic rings. The third kappa shape index (κ3) is 2.33. The van der Waals surface area contributed by atoms with Gasteiger partial charge in [0, 0.05) is 34.5 Å². The van der Waals surface area contributed by atoms with Gasteiger partial charge in [-0.25, -0.2) is 0 Å². The van der Waals surface area contributed by atoms with Gasteiger partial charge in [0.1, 0.15) is 0 Å². The van der Waals surface area contributed by atoms with Crippen LogP contribution in [0.4, 0.5) is 0 Å². The fourth-order valence-electron chi connectivity index (χ4n) is 3.15. The largest absolute Gasteiger partial charge is 0.373 e. The number of nitrogens with zero attached hydrogens (tertiary/aromatic N) is 1. The summed E-state index contributed by atoms with van der Waals surface area (Å²) >= 11 is 3.81. The summed E-state index contributed by atoms with van der Waals surface area (Å²) in [6.45, 7) is 3.47. The Balaban J connectivity index is 1.67. The Bertz CT molecular complexity index is 619. The third-order valence-electron chi connectivity index (χ3n) is 4.35. The first-order valence-electron chi connectivity index (χ1n) is 7.35. The van der Waals surface area contributed by atoms with Crippen LogP contribution in [0.5, 0.6) is 0 Å². The van der Waals surface area contributed by atoms with E-state index in [0.717, 1.165) is 6.04 Å². The monoisotopic (exact) mass is 301 g/mol. The molecule has 0 spiro atoms. The van der Waals surface area contributed by atoms with E-state index in [1.165, 1.54) is 41.8 Å². The molecule has 2 aromatic rings. The fourth-order valence-corrected chi connectivity index (χ4v) is 4.93. The molecular formula is C17H19NS2. The summed E-state index contributed by atoms with van der Waals surface area (Å²) < 4.78 is 0. The van der Waals surface area contributed by atoms with Gasteiger partial charge in [0.2, 0.25) is 0 Å². The van der Waals surface area contributed by atoms with Crippen LogP contribution in [-0.4, -0.2) is 17.5 Å². The molecule has 2 aromatic heterocycles. The lowest BCUT2D eigenvalue weighted by molar-refractivity contribution is 0.327. The lowest BCUT2D eigenvalue weighted by atomic mass is 9.92. The van der Waals surface area contributed by atoms with Crippen molar-refractivity contribution < 1.29 is 0 Å². The van der Waals surface area contributed by atoms with E-state index in [0.29, 0.717) is 5.92 Å². The summed E-state index contributed by atoms with van der Waals surface area (Å²) in [5.41, 5.74) is 3.01. The highest BCUT2D eigenvalue weighted by Gasteiger charge is 2.33. The highest BCUT2D eigenvalue weighted by Crippen LogP contribution is 2.42. The zero-order chi connectivity index (χ0) is 13.5. The van der Waals surface area contributed by atoms with Crippen molar-refractivity contribution in [3.63, 3.8) is 0 Å². The van der Waals surface area contributed by atoms with Crippen LogP contribution in [0.25, 0.3) is 5.57 Å². The second-order valence-electron chi connectivity index (χ2n) is 5.93. The molecule has 1 aliphatic heterocycles. The molecule has 1 fully saturated rings. The first-order chi connectivity index (χ1) is 9.81. The predicted octanol–water partition coefficient (Wildman–Crippen LogP) is 5.11. The van der Waals surface area contributed by atoms with Crippen molar-refractivity contribution in [2.75, 3.05) is 6.54 Å². The van der Waals surface area contributed by atoms with E-state index in [-0.39, 0.29) is 0 Å². The van der Waals surface area contributed by atoms with Gasteiger partial charge in [-0.3, -0.25) is 0 Å². The average Bonchev–Trinajstić information content (AvgIpc) is 2.99. The van der Waals surface area contributed by atoms with Gasteiger partial charge in [-0.2, -0.15) is 0 Å². The van der Waals surface area contributed by atoms with Crippen molar-refractivity contribution in [3.8, 4) is 0 Å². The minimum absolute atomic E-state index is 0.678. The summed E-state index contributed by atoms with van der Waals surface area (Å²) in [5.74, 6) is 0.678. The summed E-state index contributed by atoms with van der Waals surface area (Å²) in [7, 11) is 0. The third-order valence-corrected chi connectivity index (χ3v) is 6.47. The molecule has 1 nitrogen and oxygen atoms in total. The van der Waals surface area contributed by atoms with Gasteiger partial charge in [0.05, 0.1) is 0 Å². The predicted molar refractivity (Wildman–Crippen MR) is 88.4 cm³/mol. The first-order valence-corrected chi connectivity index (χ1v) is 9.11. The van der Waals surface area contributed by atoms with Gasteiger partial charge >= 0.3 is 0 Å². The van der Waals surface area contributed by atoms with E-state index in [4.69, 9.17) is 0 Å². The number of thiophene rings is 2.